The van der Waals surface area contributed by atoms with Crippen LogP contribution in [-0.2, 0) is 52.7 Å². The van der Waals surface area contributed by atoms with Crippen LogP contribution in [0.5, 0.6) is 0 Å². The van der Waals surface area contributed by atoms with Crippen molar-refractivity contribution < 1.29 is 55.6 Å². The van der Waals surface area contributed by atoms with Gasteiger partial charge >= 0.3 is 12.2 Å². The van der Waals surface area contributed by atoms with Crippen LogP contribution in [0.25, 0.3) is 0 Å². The first-order valence-corrected chi connectivity index (χ1v) is 19.1. The molecule has 4 amide bonds. The molecule has 0 saturated carbocycles. The molecule has 3 aliphatic rings. The number of rotatable bonds is 12. The Kier molecular flexibility index (Phi) is 29.6. The minimum atomic E-state index is -0.272. The van der Waals surface area contributed by atoms with E-state index in [1.807, 2.05) is 79.4 Å². The van der Waals surface area contributed by atoms with Gasteiger partial charge in [-0.2, -0.15) is 0 Å². The minimum Gasteiger partial charge on any atom is -0.445 e. The largest absolute Gasteiger partial charge is 0.445 e. The Balaban J connectivity index is 0. The summed E-state index contributed by atoms with van der Waals surface area (Å²) in [5, 5.41) is 13.7. The summed E-state index contributed by atoms with van der Waals surface area (Å²) in [5.41, 5.74) is 2.01. The summed E-state index contributed by atoms with van der Waals surface area (Å²) < 4.78 is 10.6. The Morgan fingerprint density at radius 1 is 0.727 bits per heavy atom. The van der Waals surface area contributed by atoms with Crippen molar-refractivity contribution in [2.24, 2.45) is 0 Å². The molecule has 0 spiro atoms. The number of carbonyl (C=O) groups excluding carboxylic acids is 4. The quantitative estimate of drug-likeness (QED) is 0.150. The zero-order valence-electron chi connectivity index (χ0n) is 33.7. The first-order chi connectivity index (χ1) is 25.9. The number of aliphatic hydroxyl groups is 1. The second-order valence-corrected chi connectivity index (χ2v) is 13.0. The van der Waals surface area contributed by atoms with Crippen LogP contribution in [-0.4, -0.2) is 134 Å². The third-order valence-corrected chi connectivity index (χ3v) is 9.63. The molecular formula is C41H69N6O7Pd-. The van der Waals surface area contributed by atoms with Crippen LogP contribution in [0, 0.1) is 7.43 Å². The Labute approximate surface area is 345 Å². The van der Waals surface area contributed by atoms with Gasteiger partial charge in [-0.15, -0.1) is 0 Å². The number of hydrogen-bond donors (Lipinski definition) is 3. The summed E-state index contributed by atoms with van der Waals surface area (Å²) in [4.78, 5) is 52.6. The fourth-order valence-electron chi connectivity index (χ4n) is 6.53. The van der Waals surface area contributed by atoms with Crippen molar-refractivity contribution in [2.45, 2.75) is 90.6 Å². The van der Waals surface area contributed by atoms with E-state index < -0.39 is 0 Å². The maximum Gasteiger partial charge on any atom is 0.410 e. The van der Waals surface area contributed by atoms with E-state index >= 15 is 0 Å². The van der Waals surface area contributed by atoms with E-state index in [1.165, 1.54) is 0 Å². The van der Waals surface area contributed by atoms with E-state index in [2.05, 4.69) is 17.6 Å². The van der Waals surface area contributed by atoms with Gasteiger partial charge in [-0.1, -0.05) is 67.6 Å². The molecule has 3 saturated heterocycles. The van der Waals surface area contributed by atoms with Gasteiger partial charge in [0.1, 0.15) is 13.2 Å². The molecule has 0 aromatic heterocycles. The number of piperidine rings is 3. The van der Waals surface area contributed by atoms with Gasteiger partial charge in [-0.3, -0.25) is 9.59 Å². The molecule has 3 heterocycles. The van der Waals surface area contributed by atoms with Gasteiger partial charge in [0.05, 0.1) is 0 Å². The van der Waals surface area contributed by atoms with Gasteiger partial charge in [0.25, 0.3) is 0 Å². The van der Waals surface area contributed by atoms with E-state index in [1.54, 1.807) is 14.7 Å². The topological polar surface area (TPSA) is 144 Å². The number of carbonyl (C=O) groups is 4. The fraction of sp³-hybridized carbons (Fsp3) is 0.585. The van der Waals surface area contributed by atoms with Crippen molar-refractivity contribution in [3.63, 3.8) is 0 Å². The van der Waals surface area contributed by atoms with Crippen LogP contribution in [0.1, 0.15) is 71.8 Å². The zero-order valence-corrected chi connectivity index (χ0v) is 35.2. The predicted octanol–water partition coefficient (Wildman–Crippen LogP) is 5.18. The minimum absolute atomic E-state index is 0. The number of likely N-dealkylation sites (tertiary alicyclic amines) is 2. The molecule has 55 heavy (non-hydrogen) atoms. The summed E-state index contributed by atoms with van der Waals surface area (Å²) in [6.07, 6.45) is 7.25. The van der Waals surface area contributed by atoms with E-state index in [9.17, 15) is 19.2 Å². The molecule has 316 valence electrons. The van der Waals surface area contributed by atoms with Crippen molar-refractivity contribution in [1.29, 1.82) is 0 Å². The number of benzene rings is 2. The average molecular weight is 864 g/mol. The second kappa shape index (κ2) is 31.6. The van der Waals surface area contributed by atoms with Gasteiger partial charge in [0.15, 0.2) is 0 Å². The third kappa shape index (κ3) is 19.8. The number of hydrogen-bond acceptors (Lipinski definition) is 9. The molecule has 2 aromatic rings. The molecule has 2 aromatic carbocycles. The van der Waals surface area contributed by atoms with Gasteiger partial charge in [-0.25, -0.2) is 9.59 Å². The third-order valence-electron chi connectivity index (χ3n) is 9.63. The van der Waals surface area contributed by atoms with E-state index in [0.717, 1.165) is 109 Å². The van der Waals surface area contributed by atoms with Crippen molar-refractivity contribution in [2.75, 3.05) is 66.0 Å². The van der Waals surface area contributed by atoms with Crippen LogP contribution < -0.4 is 10.6 Å². The monoisotopic (exact) mass is 863 g/mol. The maximum absolute atomic E-state index is 12.0. The molecule has 0 radical (unpaired) electrons. The van der Waals surface area contributed by atoms with E-state index in [-0.39, 0.29) is 47.5 Å². The zero-order chi connectivity index (χ0) is 38.7. The number of aliphatic hydroxyl groups excluding tert-OH is 1. The number of ether oxygens (including phenoxy) is 2. The smallest absolute Gasteiger partial charge is 0.410 e. The molecule has 0 bridgehead atoms. The standard InChI is InChI=1S/C16H22N2O3.C15H22N2O2.C8H16N2O.CH4O.CH3.Pd.H2/c1-2-17(13-19)15-8-10-18(11-9-15)16(20)21-12-14-6-4-3-5-7-14;1-2-16-14-8-10-17(11-9-14)15(18)19-12-13-6-4-3-5-7-13;1-2-10(7-11)8-3-5-9-6-4-8;1-2;;;/h3-7,13,15H,2,8-12H2,1H3;3-7,14,16H,2,8-12H2,1H3;7-9H,2-6H2,1H3;2H,1H3;1H3;;1H/q;;;;-1;;. The number of amides is 4. The van der Waals surface area contributed by atoms with E-state index in [0.29, 0.717) is 44.9 Å². The van der Waals surface area contributed by atoms with Gasteiger partial charge in [0.2, 0.25) is 12.8 Å². The SMILES string of the molecule is CCN(C=O)C1CCN(C(=O)OCc2ccccc2)CC1.CCN(C=O)C1CCNCC1.CCNC1CCN(C(=O)OCc2ccccc2)CC1.CO.[CH3-].[HH].[Pd]. The average Bonchev–Trinajstić information content (AvgIpc) is 3.23. The molecule has 5 rings (SSSR count). The summed E-state index contributed by atoms with van der Waals surface area (Å²) in [6.45, 7) is 14.3. The molecule has 13 nitrogen and oxygen atoms in total. The fourth-order valence-corrected chi connectivity index (χ4v) is 6.53. The normalized spacial score (nSPS) is 15.7. The molecule has 14 heteroatoms. The van der Waals surface area contributed by atoms with Crippen molar-refractivity contribution in [3.05, 3.63) is 79.2 Å². The maximum atomic E-state index is 12.0. The van der Waals surface area contributed by atoms with Crippen LogP contribution in [0.3, 0.4) is 0 Å². The van der Waals surface area contributed by atoms with E-state index in [4.69, 9.17) is 14.6 Å². The first kappa shape index (κ1) is 51.5. The Morgan fingerprint density at radius 3 is 1.47 bits per heavy atom. The van der Waals surface area contributed by atoms with Crippen molar-refractivity contribution in [1.82, 2.24) is 30.2 Å². The summed E-state index contributed by atoms with van der Waals surface area (Å²) >= 11 is 0. The predicted molar refractivity (Wildman–Crippen MR) is 216 cm³/mol. The summed E-state index contributed by atoms with van der Waals surface area (Å²) in [5.74, 6) is 0. The molecule has 0 atom stereocenters. The molecule has 3 N–H and O–H groups in total. The van der Waals surface area contributed by atoms with Gasteiger partial charge in [0, 0.05) is 86.4 Å². The summed E-state index contributed by atoms with van der Waals surface area (Å²) in [7, 11) is 1.00. The van der Waals surface area contributed by atoms with Gasteiger partial charge < -0.3 is 52.2 Å². The van der Waals surface area contributed by atoms with Crippen molar-refractivity contribution >= 4 is 25.0 Å². The molecule has 0 unspecified atom stereocenters. The van der Waals surface area contributed by atoms with Crippen molar-refractivity contribution in [3.8, 4) is 0 Å². The summed E-state index contributed by atoms with van der Waals surface area (Å²) in [6, 6.07) is 20.7. The van der Waals surface area contributed by atoms with Crippen LogP contribution in [0.15, 0.2) is 60.7 Å². The van der Waals surface area contributed by atoms with Crippen LogP contribution >= 0.6 is 0 Å². The first-order valence-electron chi connectivity index (χ1n) is 19.1. The Hall–Kier alpha value is -3.54. The molecular weight excluding hydrogens is 795 g/mol. The molecule has 3 fully saturated rings. The molecule has 0 aliphatic carbocycles. The Bertz CT molecular complexity index is 1270. The van der Waals surface area contributed by atoms with Gasteiger partial charge in [-0.05, 0) is 83.1 Å². The number of nitrogens with one attached hydrogen (secondary N) is 2. The number of nitrogens with zero attached hydrogens (tertiary/aromatic N) is 4. The van der Waals surface area contributed by atoms with Crippen LogP contribution in [0.2, 0.25) is 0 Å². The Morgan fingerprint density at radius 2 is 1.11 bits per heavy atom. The second-order valence-electron chi connectivity index (χ2n) is 13.0. The van der Waals surface area contributed by atoms with Crippen LogP contribution in [0.4, 0.5) is 9.59 Å². The molecule has 3 aliphatic heterocycles.